The molecule has 1 rings (SSSR count). The quantitative estimate of drug-likeness (QED) is 0.751. The lowest BCUT2D eigenvalue weighted by Crippen LogP contribution is -2.37. The van der Waals surface area contributed by atoms with Crippen LogP contribution in [-0.2, 0) is 0 Å². The van der Waals surface area contributed by atoms with Crippen molar-refractivity contribution in [2.75, 3.05) is 19.4 Å². The van der Waals surface area contributed by atoms with Gasteiger partial charge in [0.15, 0.2) is 0 Å². The fourth-order valence-corrected chi connectivity index (χ4v) is 1.39. The summed E-state index contributed by atoms with van der Waals surface area (Å²) in [6, 6.07) is 5.12. The molecule has 0 fully saturated rings. The molecular weight excluding hydrogens is 204 g/mol. The fraction of sp³-hybridized carbons (Fsp3) is 0.417. The zero-order valence-electron chi connectivity index (χ0n) is 9.90. The van der Waals surface area contributed by atoms with Crippen LogP contribution in [0.25, 0.3) is 0 Å². The standard InChI is InChI=1S/C12H18N2O2/c1-8-4-5-10(11(13)6-8)12(16)14(3)9(2)7-15/h4-6,9,15H,7,13H2,1-3H3. The molecule has 0 heterocycles. The largest absolute Gasteiger partial charge is 0.398 e. The summed E-state index contributed by atoms with van der Waals surface area (Å²) in [5.41, 5.74) is 7.77. The molecule has 0 aliphatic rings. The molecule has 0 aromatic heterocycles. The number of hydrogen-bond acceptors (Lipinski definition) is 3. The number of nitrogens with two attached hydrogens (primary N) is 1. The maximum atomic E-state index is 12.0. The first kappa shape index (κ1) is 12.5. The van der Waals surface area contributed by atoms with Gasteiger partial charge in [0, 0.05) is 12.7 Å². The molecule has 1 aromatic rings. The number of nitrogens with zero attached hydrogens (tertiary/aromatic N) is 1. The molecule has 1 aromatic carbocycles. The van der Waals surface area contributed by atoms with Crippen molar-refractivity contribution >= 4 is 11.6 Å². The van der Waals surface area contributed by atoms with Crippen molar-refractivity contribution in [2.45, 2.75) is 19.9 Å². The van der Waals surface area contributed by atoms with Gasteiger partial charge >= 0.3 is 0 Å². The molecule has 0 radical (unpaired) electrons. The fourth-order valence-electron chi connectivity index (χ4n) is 1.39. The maximum absolute atomic E-state index is 12.0. The first-order valence-electron chi connectivity index (χ1n) is 5.21. The van der Waals surface area contributed by atoms with Crippen LogP contribution in [0.1, 0.15) is 22.8 Å². The molecule has 0 spiro atoms. The molecule has 16 heavy (non-hydrogen) atoms. The Bertz CT molecular complexity index is 391. The van der Waals surface area contributed by atoms with Crippen LogP contribution in [0.2, 0.25) is 0 Å². The van der Waals surface area contributed by atoms with Crippen molar-refractivity contribution in [2.24, 2.45) is 0 Å². The summed E-state index contributed by atoms with van der Waals surface area (Å²) >= 11 is 0. The van der Waals surface area contributed by atoms with E-state index in [4.69, 9.17) is 10.8 Å². The van der Waals surface area contributed by atoms with E-state index in [1.54, 1.807) is 26.1 Å². The van der Waals surface area contributed by atoms with E-state index < -0.39 is 0 Å². The number of rotatable bonds is 3. The Kier molecular flexibility index (Phi) is 3.90. The van der Waals surface area contributed by atoms with Crippen LogP contribution in [0.3, 0.4) is 0 Å². The van der Waals surface area contributed by atoms with Gasteiger partial charge in [0.25, 0.3) is 5.91 Å². The van der Waals surface area contributed by atoms with Crippen LogP contribution in [0.5, 0.6) is 0 Å². The molecule has 1 amide bonds. The van der Waals surface area contributed by atoms with E-state index in [-0.39, 0.29) is 18.6 Å². The van der Waals surface area contributed by atoms with Crippen molar-refractivity contribution in [1.29, 1.82) is 0 Å². The summed E-state index contributed by atoms with van der Waals surface area (Å²) in [5, 5.41) is 8.99. The minimum atomic E-state index is -0.215. The van der Waals surface area contributed by atoms with Gasteiger partial charge in [-0.25, -0.2) is 0 Å². The molecule has 88 valence electrons. The Labute approximate surface area is 95.7 Å². The smallest absolute Gasteiger partial charge is 0.256 e. The number of aliphatic hydroxyl groups is 1. The number of nitrogen functional groups attached to an aromatic ring is 1. The second kappa shape index (κ2) is 4.99. The Balaban J connectivity index is 2.96. The van der Waals surface area contributed by atoms with Crippen LogP contribution in [0.4, 0.5) is 5.69 Å². The first-order valence-corrected chi connectivity index (χ1v) is 5.21. The predicted molar refractivity (Wildman–Crippen MR) is 64.2 cm³/mol. The van der Waals surface area contributed by atoms with Crippen LogP contribution in [0, 0.1) is 6.92 Å². The van der Waals surface area contributed by atoms with Crippen molar-refractivity contribution in [3.8, 4) is 0 Å². The molecule has 0 aliphatic heterocycles. The lowest BCUT2D eigenvalue weighted by molar-refractivity contribution is 0.0683. The molecule has 1 atom stereocenters. The topological polar surface area (TPSA) is 66.6 Å². The average molecular weight is 222 g/mol. The lowest BCUT2D eigenvalue weighted by Gasteiger charge is -2.23. The van der Waals surface area contributed by atoms with E-state index >= 15 is 0 Å². The molecule has 4 heteroatoms. The zero-order chi connectivity index (χ0) is 12.3. The third kappa shape index (κ3) is 2.52. The third-order valence-corrected chi connectivity index (χ3v) is 2.68. The normalized spacial score (nSPS) is 12.2. The molecule has 0 saturated heterocycles. The van der Waals surface area contributed by atoms with Crippen molar-refractivity contribution < 1.29 is 9.90 Å². The highest BCUT2D eigenvalue weighted by Crippen LogP contribution is 2.16. The molecule has 0 aliphatic carbocycles. The first-order chi connectivity index (χ1) is 7.47. The predicted octanol–water partition coefficient (Wildman–Crippen LogP) is 1.03. The number of aliphatic hydroxyl groups excluding tert-OH is 1. The number of carbonyl (C=O) groups is 1. The summed E-state index contributed by atoms with van der Waals surface area (Å²) in [6.07, 6.45) is 0. The van der Waals surface area contributed by atoms with Gasteiger partial charge in [0.2, 0.25) is 0 Å². The van der Waals surface area contributed by atoms with Gasteiger partial charge in [-0.15, -0.1) is 0 Å². The zero-order valence-corrected chi connectivity index (χ0v) is 9.90. The van der Waals surface area contributed by atoms with Crippen molar-refractivity contribution in [3.63, 3.8) is 0 Å². The average Bonchev–Trinajstić information content (AvgIpc) is 2.26. The number of benzene rings is 1. The van der Waals surface area contributed by atoms with Gasteiger partial charge in [-0.2, -0.15) is 0 Å². The van der Waals surface area contributed by atoms with E-state index in [0.29, 0.717) is 11.3 Å². The van der Waals surface area contributed by atoms with Crippen LogP contribution >= 0.6 is 0 Å². The highest BCUT2D eigenvalue weighted by molar-refractivity contribution is 5.99. The van der Waals surface area contributed by atoms with Crippen molar-refractivity contribution in [1.82, 2.24) is 4.90 Å². The van der Waals surface area contributed by atoms with E-state index in [9.17, 15) is 4.79 Å². The van der Waals surface area contributed by atoms with Crippen LogP contribution in [-0.4, -0.2) is 35.6 Å². The molecule has 3 N–H and O–H groups in total. The van der Waals surface area contributed by atoms with Gasteiger partial charge in [-0.3, -0.25) is 4.79 Å². The molecular formula is C12H18N2O2. The molecule has 1 unspecified atom stereocenters. The highest BCUT2D eigenvalue weighted by Gasteiger charge is 2.18. The van der Waals surface area contributed by atoms with Gasteiger partial charge in [0.05, 0.1) is 18.2 Å². The highest BCUT2D eigenvalue weighted by atomic mass is 16.3. The molecule has 0 saturated carbocycles. The van der Waals surface area contributed by atoms with E-state index in [1.165, 1.54) is 4.90 Å². The molecule has 4 nitrogen and oxygen atoms in total. The summed E-state index contributed by atoms with van der Waals surface area (Å²) in [5.74, 6) is -0.168. The monoisotopic (exact) mass is 222 g/mol. The summed E-state index contributed by atoms with van der Waals surface area (Å²) in [4.78, 5) is 13.5. The Morgan fingerprint density at radius 3 is 2.69 bits per heavy atom. The third-order valence-electron chi connectivity index (χ3n) is 2.68. The van der Waals surface area contributed by atoms with Gasteiger partial charge < -0.3 is 15.7 Å². The Morgan fingerprint density at radius 2 is 2.19 bits per heavy atom. The number of anilines is 1. The van der Waals surface area contributed by atoms with Crippen LogP contribution in [0.15, 0.2) is 18.2 Å². The lowest BCUT2D eigenvalue weighted by atomic mass is 10.1. The minimum Gasteiger partial charge on any atom is -0.398 e. The number of carbonyl (C=O) groups excluding carboxylic acids is 1. The van der Waals surface area contributed by atoms with Crippen molar-refractivity contribution in [3.05, 3.63) is 29.3 Å². The minimum absolute atomic E-state index is 0.0615. The van der Waals surface area contributed by atoms with Crippen LogP contribution < -0.4 is 5.73 Å². The second-order valence-electron chi connectivity index (χ2n) is 4.04. The second-order valence-corrected chi connectivity index (χ2v) is 4.04. The van der Waals surface area contributed by atoms with Gasteiger partial charge in [0.1, 0.15) is 0 Å². The Morgan fingerprint density at radius 1 is 1.56 bits per heavy atom. The summed E-state index contributed by atoms with van der Waals surface area (Å²) in [6.45, 7) is 3.64. The Hall–Kier alpha value is -1.55. The number of aryl methyl sites for hydroxylation is 1. The number of amides is 1. The van der Waals surface area contributed by atoms with Gasteiger partial charge in [-0.05, 0) is 31.5 Å². The SMILES string of the molecule is Cc1ccc(C(=O)N(C)C(C)CO)c(N)c1. The summed E-state index contributed by atoms with van der Waals surface area (Å²) < 4.78 is 0. The number of likely N-dealkylation sites (N-methyl/N-ethyl adjacent to an activating group) is 1. The van der Waals surface area contributed by atoms with E-state index in [0.717, 1.165) is 5.56 Å². The van der Waals surface area contributed by atoms with Gasteiger partial charge in [-0.1, -0.05) is 6.07 Å². The number of hydrogen-bond donors (Lipinski definition) is 2. The van der Waals surface area contributed by atoms with E-state index in [1.807, 2.05) is 13.0 Å². The summed E-state index contributed by atoms with van der Waals surface area (Å²) in [7, 11) is 1.66. The maximum Gasteiger partial charge on any atom is 0.256 e. The molecule has 0 bridgehead atoms. The van der Waals surface area contributed by atoms with E-state index in [2.05, 4.69) is 0 Å².